The van der Waals surface area contributed by atoms with Gasteiger partial charge in [-0.25, -0.2) is 9.78 Å². The van der Waals surface area contributed by atoms with Gasteiger partial charge in [0.1, 0.15) is 5.60 Å². The SMILES string of the molecule is Cc1ncsc1-c1ccc([C@H](CC[C@H](C)CCN2CCC(c3ccc4c(c3)n(C3CCCC3)c3nc(=O)c5c(Br)cccc5n43)CC2)NC(=O)OC(C)(C)C)cc1. The number of carbonyl (C=O) groups is 1. The molecule has 0 radical (unpaired) electrons. The third-order valence-corrected chi connectivity index (χ3v) is 13.8. The van der Waals surface area contributed by atoms with E-state index in [0.717, 1.165) is 103 Å². The third kappa shape index (κ3) is 8.57. The highest BCUT2D eigenvalue weighted by molar-refractivity contribution is 9.10. The summed E-state index contributed by atoms with van der Waals surface area (Å²) in [7, 11) is 0. The minimum absolute atomic E-state index is 0.128. The van der Waals surface area contributed by atoms with E-state index < -0.39 is 5.60 Å². The normalized spacial score (nSPS) is 17.2. The summed E-state index contributed by atoms with van der Waals surface area (Å²) < 4.78 is 11.0. The largest absolute Gasteiger partial charge is 0.444 e. The van der Waals surface area contributed by atoms with Crippen LogP contribution < -0.4 is 10.9 Å². The van der Waals surface area contributed by atoms with Crippen LogP contribution in [0, 0.1) is 12.8 Å². The summed E-state index contributed by atoms with van der Waals surface area (Å²) in [5.74, 6) is 1.78. The molecule has 2 aliphatic rings. The van der Waals surface area contributed by atoms with Crippen molar-refractivity contribution in [2.75, 3.05) is 19.6 Å². The van der Waals surface area contributed by atoms with Crippen LogP contribution in [0.4, 0.5) is 4.79 Å². The van der Waals surface area contributed by atoms with Gasteiger partial charge in [0, 0.05) is 10.5 Å². The van der Waals surface area contributed by atoms with Crippen LogP contribution in [0.1, 0.15) is 120 Å². The van der Waals surface area contributed by atoms with Crippen LogP contribution in [-0.2, 0) is 4.74 Å². The molecule has 4 heterocycles. The number of nitrogens with one attached hydrogen (secondary N) is 1. The van der Waals surface area contributed by atoms with Gasteiger partial charge in [0.2, 0.25) is 5.78 Å². The summed E-state index contributed by atoms with van der Waals surface area (Å²) in [5.41, 5.74) is 9.05. The molecule has 2 fully saturated rings. The number of thiazole rings is 1. The first-order valence-electron chi connectivity index (χ1n) is 20.8. The quantitative estimate of drug-likeness (QED) is 0.140. The Bertz CT molecular complexity index is 2430. The number of likely N-dealkylation sites (tertiary alicyclic amines) is 1. The Morgan fingerprint density at radius 1 is 0.965 bits per heavy atom. The van der Waals surface area contributed by atoms with Gasteiger partial charge in [-0.2, -0.15) is 4.98 Å². The number of piperidine rings is 1. The summed E-state index contributed by atoms with van der Waals surface area (Å²) in [6.07, 6.45) is 9.53. The Balaban J connectivity index is 0.914. The Morgan fingerprint density at radius 3 is 2.42 bits per heavy atom. The van der Waals surface area contributed by atoms with Crippen molar-refractivity contribution in [1.82, 2.24) is 29.2 Å². The number of rotatable bonds is 11. The highest BCUT2D eigenvalue weighted by Gasteiger charge is 2.28. The lowest BCUT2D eigenvalue weighted by Gasteiger charge is -2.33. The molecular weight excluding hydrogens is 797 g/mol. The van der Waals surface area contributed by atoms with Crippen LogP contribution in [0.2, 0.25) is 0 Å². The van der Waals surface area contributed by atoms with Crippen LogP contribution in [0.3, 0.4) is 0 Å². The number of fused-ring (bicyclic) bond motifs is 5. The lowest BCUT2D eigenvalue weighted by atomic mass is 9.88. The Morgan fingerprint density at radius 2 is 1.72 bits per heavy atom. The number of amides is 1. The number of hydrogen-bond acceptors (Lipinski definition) is 7. The van der Waals surface area contributed by atoms with Crippen molar-refractivity contribution in [1.29, 1.82) is 0 Å². The van der Waals surface area contributed by atoms with Gasteiger partial charge in [0.25, 0.3) is 5.56 Å². The van der Waals surface area contributed by atoms with E-state index in [2.05, 4.69) is 89.5 Å². The maximum Gasteiger partial charge on any atom is 0.408 e. The summed E-state index contributed by atoms with van der Waals surface area (Å²) >= 11 is 5.27. The number of hydrogen-bond donors (Lipinski definition) is 1. The van der Waals surface area contributed by atoms with Gasteiger partial charge in [0.15, 0.2) is 0 Å². The highest BCUT2D eigenvalue weighted by atomic mass is 79.9. The van der Waals surface area contributed by atoms with E-state index in [-0.39, 0.29) is 17.7 Å². The Kier molecular flexibility index (Phi) is 11.6. The lowest BCUT2D eigenvalue weighted by Crippen LogP contribution is -2.35. The first kappa shape index (κ1) is 39.8. The molecule has 3 aromatic heterocycles. The number of aromatic nitrogens is 4. The maximum atomic E-state index is 13.4. The molecule has 1 saturated heterocycles. The predicted molar refractivity (Wildman–Crippen MR) is 235 cm³/mol. The van der Waals surface area contributed by atoms with Crippen LogP contribution in [0.25, 0.3) is 38.2 Å². The van der Waals surface area contributed by atoms with Gasteiger partial charge in [-0.15, -0.1) is 11.3 Å². The van der Waals surface area contributed by atoms with Crippen molar-refractivity contribution in [2.24, 2.45) is 5.92 Å². The number of carbonyl (C=O) groups excluding carboxylic acids is 1. The zero-order chi connectivity index (χ0) is 39.8. The molecule has 11 heteroatoms. The fraction of sp³-hybridized carbons (Fsp3) is 0.478. The number of ether oxygens (including phenoxy) is 1. The van der Waals surface area contributed by atoms with Crippen molar-refractivity contribution >= 4 is 61.1 Å². The summed E-state index contributed by atoms with van der Waals surface area (Å²) in [6.45, 7) is 13.3. The van der Waals surface area contributed by atoms with Crippen molar-refractivity contribution in [3.8, 4) is 10.4 Å². The zero-order valence-corrected chi connectivity index (χ0v) is 36.3. The minimum Gasteiger partial charge on any atom is -0.444 e. The first-order valence-corrected chi connectivity index (χ1v) is 22.5. The molecule has 0 unspecified atom stereocenters. The second-order valence-electron chi connectivity index (χ2n) is 17.4. The third-order valence-electron chi connectivity index (χ3n) is 12.2. The van der Waals surface area contributed by atoms with E-state index in [0.29, 0.717) is 23.3 Å². The molecule has 9 nitrogen and oxygen atoms in total. The van der Waals surface area contributed by atoms with Crippen molar-refractivity contribution in [2.45, 2.75) is 116 Å². The van der Waals surface area contributed by atoms with Gasteiger partial charge >= 0.3 is 6.09 Å². The molecule has 300 valence electrons. The van der Waals surface area contributed by atoms with E-state index in [4.69, 9.17) is 9.72 Å². The summed E-state index contributed by atoms with van der Waals surface area (Å²) in [6, 6.07) is 21.8. The first-order chi connectivity index (χ1) is 27.4. The van der Waals surface area contributed by atoms with Gasteiger partial charge in [-0.3, -0.25) is 9.20 Å². The van der Waals surface area contributed by atoms with Gasteiger partial charge in [0.05, 0.1) is 44.1 Å². The van der Waals surface area contributed by atoms with Crippen LogP contribution >= 0.6 is 27.3 Å². The van der Waals surface area contributed by atoms with Crippen LogP contribution in [-0.4, -0.2) is 55.2 Å². The smallest absolute Gasteiger partial charge is 0.408 e. The Hall–Kier alpha value is -4.06. The molecule has 0 bridgehead atoms. The summed E-state index contributed by atoms with van der Waals surface area (Å²) in [4.78, 5) is 39.2. The molecule has 8 rings (SSSR count). The summed E-state index contributed by atoms with van der Waals surface area (Å²) in [5, 5.41) is 3.82. The average molecular weight is 852 g/mol. The second kappa shape index (κ2) is 16.7. The molecule has 0 spiro atoms. The molecule has 3 aromatic carbocycles. The van der Waals surface area contributed by atoms with Gasteiger partial charge < -0.3 is 19.5 Å². The molecule has 1 N–H and O–H groups in total. The molecule has 1 amide bonds. The number of aryl methyl sites for hydroxylation is 1. The molecule has 2 atom stereocenters. The van der Waals surface area contributed by atoms with Crippen LogP contribution in [0.5, 0.6) is 0 Å². The molecule has 1 aliphatic carbocycles. The fourth-order valence-corrected chi connectivity index (χ4v) is 10.5. The maximum absolute atomic E-state index is 13.4. The topological polar surface area (TPSA) is 93.8 Å². The predicted octanol–water partition coefficient (Wildman–Crippen LogP) is 11.4. The number of alkyl carbamates (subject to hydrolysis) is 1. The number of imidazole rings is 1. The lowest BCUT2D eigenvalue weighted by molar-refractivity contribution is 0.0499. The minimum atomic E-state index is -0.558. The number of nitrogens with zero attached hydrogens (tertiary/aromatic N) is 5. The van der Waals surface area contributed by atoms with Crippen molar-refractivity contribution < 1.29 is 9.53 Å². The second-order valence-corrected chi connectivity index (χ2v) is 19.1. The van der Waals surface area contributed by atoms with Crippen molar-refractivity contribution in [3.63, 3.8) is 0 Å². The zero-order valence-electron chi connectivity index (χ0n) is 33.9. The highest BCUT2D eigenvalue weighted by Crippen LogP contribution is 2.38. The molecule has 6 aromatic rings. The monoisotopic (exact) mass is 850 g/mol. The molecule has 57 heavy (non-hydrogen) atoms. The van der Waals surface area contributed by atoms with Crippen molar-refractivity contribution in [3.05, 3.63) is 97.8 Å². The molecule has 1 saturated carbocycles. The van der Waals surface area contributed by atoms with E-state index in [1.807, 2.05) is 51.4 Å². The van der Waals surface area contributed by atoms with Gasteiger partial charge in [-0.05, 0) is 161 Å². The van der Waals surface area contributed by atoms with E-state index in [1.165, 1.54) is 28.8 Å². The fourth-order valence-electron chi connectivity index (χ4n) is 9.13. The van der Waals surface area contributed by atoms with Gasteiger partial charge in [-0.1, -0.05) is 56.2 Å². The molecule has 1 aliphatic heterocycles. The van der Waals surface area contributed by atoms with E-state index >= 15 is 0 Å². The van der Waals surface area contributed by atoms with E-state index in [9.17, 15) is 9.59 Å². The number of benzene rings is 3. The number of halogens is 1. The standard InChI is InChI=1S/C46H55BrN6O3S/c1-29(13-19-37(49-45(55)56-46(3,4)5)32-14-16-33(17-15-32)42-30(2)48-28-57-42)21-24-51-25-22-31(23-26-51)34-18-20-38-40(27-34)52(35-9-6-7-10-35)44-50-43(54)41-36(47)11-8-12-39(41)53(38)44/h8,11-12,14-18,20,27-29,31,35,37H,6-7,9-10,13,19,21-26H2,1-5H3,(H,49,55)/t29-,37-/m0/s1. The average Bonchev–Trinajstić information content (AvgIpc) is 3.94. The molecular formula is C46H55BrN6O3S. The van der Waals surface area contributed by atoms with E-state index in [1.54, 1.807) is 11.3 Å². The van der Waals surface area contributed by atoms with Crippen LogP contribution in [0.15, 0.2) is 75.4 Å². The Labute approximate surface area is 348 Å².